The average molecular weight is 509 g/mol. The van der Waals surface area contributed by atoms with Crippen LogP contribution in [0.1, 0.15) is 46.1 Å². The standard InChI is InChI=1S/C19H30F6N4O3S/c1-6-8-29(15(7-2)12-28(11-13(3)4)33(5,31)32)16-26-9-14(10-27-16)17(30,18(20,21)22)19(23,24)25/h9-10,13,15,30H,6-8,11-12H2,1-5H3/t15-/m1/s1. The van der Waals surface area contributed by atoms with Crippen LogP contribution in [0.5, 0.6) is 0 Å². The lowest BCUT2D eigenvalue weighted by Crippen LogP contribution is -2.54. The summed E-state index contributed by atoms with van der Waals surface area (Å²) in [6.45, 7) is 7.79. The number of halogens is 6. The quantitative estimate of drug-likeness (QED) is 0.459. The van der Waals surface area contributed by atoms with Crippen molar-refractivity contribution in [3.8, 4) is 0 Å². The molecule has 0 radical (unpaired) electrons. The minimum Gasteiger partial charge on any atom is -0.369 e. The molecule has 0 fully saturated rings. The van der Waals surface area contributed by atoms with Crippen molar-refractivity contribution >= 4 is 16.0 Å². The molecule has 1 rings (SSSR count). The van der Waals surface area contributed by atoms with Gasteiger partial charge in [0.15, 0.2) is 0 Å². The molecule has 0 saturated carbocycles. The Bertz CT molecular complexity index is 846. The number of aliphatic hydroxyl groups is 1. The van der Waals surface area contributed by atoms with E-state index in [9.17, 15) is 39.9 Å². The van der Waals surface area contributed by atoms with Gasteiger partial charge in [-0.1, -0.05) is 27.7 Å². The van der Waals surface area contributed by atoms with Gasteiger partial charge in [0, 0.05) is 43.6 Å². The molecule has 0 bridgehead atoms. The monoisotopic (exact) mass is 508 g/mol. The molecule has 1 heterocycles. The lowest BCUT2D eigenvalue weighted by Gasteiger charge is -2.35. The van der Waals surface area contributed by atoms with Crippen LogP contribution in [-0.4, -0.2) is 72.1 Å². The second-order valence-corrected chi connectivity index (χ2v) is 10.2. The van der Waals surface area contributed by atoms with Crippen molar-refractivity contribution in [2.75, 3.05) is 30.8 Å². The second-order valence-electron chi connectivity index (χ2n) is 8.21. The Hall–Kier alpha value is -1.67. The number of sulfonamides is 1. The van der Waals surface area contributed by atoms with Crippen LogP contribution in [0.3, 0.4) is 0 Å². The van der Waals surface area contributed by atoms with Gasteiger partial charge in [0.2, 0.25) is 16.0 Å². The minimum absolute atomic E-state index is 0.0230. The number of aromatic nitrogens is 2. The molecule has 1 atom stereocenters. The van der Waals surface area contributed by atoms with Gasteiger partial charge in [0.1, 0.15) is 0 Å². The van der Waals surface area contributed by atoms with E-state index in [1.165, 1.54) is 4.31 Å². The van der Waals surface area contributed by atoms with Gasteiger partial charge in [0.05, 0.1) is 6.26 Å². The Morgan fingerprint density at radius 2 is 1.48 bits per heavy atom. The van der Waals surface area contributed by atoms with E-state index >= 15 is 0 Å². The molecular formula is C19H30F6N4O3S. The Labute approximate surface area is 189 Å². The van der Waals surface area contributed by atoms with E-state index in [1.54, 1.807) is 18.7 Å². The van der Waals surface area contributed by atoms with Crippen molar-refractivity contribution in [2.24, 2.45) is 5.92 Å². The molecule has 0 unspecified atom stereocenters. The highest BCUT2D eigenvalue weighted by Gasteiger charge is 2.71. The van der Waals surface area contributed by atoms with Crippen molar-refractivity contribution in [1.82, 2.24) is 14.3 Å². The maximum absolute atomic E-state index is 13.1. The lowest BCUT2D eigenvalue weighted by molar-refractivity contribution is -0.376. The summed E-state index contributed by atoms with van der Waals surface area (Å²) in [7, 11) is -3.57. The van der Waals surface area contributed by atoms with Gasteiger partial charge in [-0.05, 0) is 18.8 Å². The lowest BCUT2D eigenvalue weighted by atomic mass is 9.95. The summed E-state index contributed by atoms with van der Waals surface area (Å²) in [4.78, 5) is 8.90. The number of rotatable bonds is 11. The first kappa shape index (κ1) is 29.4. The summed E-state index contributed by atoms with van der Waals surface area (Å²) in [5.74, 6) is -0.146. The van der Waals surface area contributed by atoms with Crippen LogP contribution in [0.15, 0.2) is 12.4 Å². The van der Waals surface area contributed by atoms with Crippen molar-refractivity contribution in [2.45, 2.75) is 64.5 Å². The second kappa shape index (κ2) is 10.7. The Balaban J connectivity index is 3.38. The molecular weight excluding hydrogens is 478 g/mol. The summed E-state index contributed by atoms with van der Waals surface area (Å²) in [5.41, 5.74) is -6.68. The average Bonchev–Trinajstić information content (AvgIpc) is 2.66. The highest BCUT2D eigenvalue weighted by Crippen LogP contribution is 2.49. The van der Waals surface area contributed by atoms with E-state index in [-0.39, 0.29) is 31.5 Å². The molecule has 0 spiro atoms. The summed E-state index contributed by atoms with van der Waals surface area (Å²) < 4.78 is 104. The fourth-order valence-corrected chi connectivity index (χ4v) is 4.28. The highest BCUT2D eigenvalue weighted by atomic mass is 32.2. The van der Waals surface area contributed by atoms with E-state index < -0.39 is 39.6 Å². The van der Waals surface area contributed by atoms with Crippen molar-refractivity contribution < 1.29 is 39.9 Å². The van der Waals surface area contributed by atoms with Crippen LogP contribution in [0.4, 0.5) is 32.3 Å². The molecule has 0 amide bonds. The zero-order valence-electron chi connectivity index (χ0n) is 19.1. The summed E-state index contributed by atoms with van der Waals surface area (Å²) in [6, 6.07) is -0.492. The molecule has 192 valence electrons. The van der Waals surface area contributed by atoms with Gasteiger partial charge >= 0.3 is 12.4 Å². The Morgan fingerprint density at radius 3 is 1.82 bits per heavy atom. The zero-order chi connectivity index (χ0) is 25.8. The number of hydrogen-bond acceptors (Lipinski definition) is 6. The van der Waals surface area contributed by atoms with E-state index in [0.717, 1.165) is 6.26 Å². The van der Waals surface area contributed by atoms with Crippen LogP contribution in [-0.2, 0) is 15.6 Å². The smallest absolute Gasteiger partial charge is 0.369 e. The molecule has 0 saturated heterocycles. The number of alkyl halides is 6. The molecule has 14 heteroatoms. The predicted molar refractivity (Wildman–Crippen MR) is 111 cm³/mol. The van der Waals surface area contributed by atoms with Gasteiger partial charge in [0.25, 0.3) is 5.60 Å². The predicted octanol–water partition coefficient (Wildman–Crippen LogP) is 3.70. The number of nitrogens with zero attached hydrogens (tertiary/aromatic N) is 4. The normalized spacial score (nSPS) is 14.7. The topological polar surface area (TPSA) is 86.6 Å². The summed E-state index contributed by atoms with van der Waals surface area (Å²) in [5, 5.41) is 9.52. The highest BCUT2D eigenvalue weighted by molar-refractivity contribution is 7.88. The van der Waals surface area contributed by atoms with Gasteiger partial charge in [-0.25, -0.2) is 18.4 Å². The third kappa shape index (κ3) is 6.92. The fraction of sp³-hybridized carbons (Fsp3) is 0.789. The SMILES string of the molecule is CCCN(c1ncc(C(O)(C(F)(F)F)C(F)(F)F)cn1)[C@H](CC)CN(CC(C)C)S(C)(=O)=O. The molecule has 7 nitrogen and oxygen atoms in total. The molecule has 0 aliphatic carbocycles. The van der Waals surface area contributed by atoms with Crippen LogP contribution in [0, 0.1) is 5.92 Å². The summed E-state index contributed by atoms with van der Waals surface area (Å²) in [6.07, 6.45) is -9.50. The van der Waals surface area contributed by atoms with Crippen LogP contribution < -0.4 is 4.90 Å². The van der Waals surface area contributed by atoms with Crippen molar-refractivity contribution in [1.29, 1.82) is 0 Å². The minimum atomic E-state index is -6.04. The van der Waals surface area contributed by atoms with Crippen LogP contribution in [0.2, 0.25) is 0 Å². The third-order valence-corrected chi connectivity index (χ3v) is 6.20. The Morgan fingerprint density at radius 1 is 1.00 bits per heavy atom. The van der Waals surface area contributed by atoms with Crippen LogP contribution >= 0.6 is 0 Å². The fourth-order valence-electron chi connectivity index (χ4n) is 3.27. The molecule has 1 aromatic rings. The van der Waals surface area contributed by atoms with Crippen LogP contribution in [0.25, 0.3) is 0 Å². The van der Waals surface area contributed by atoms with Gasteiger partial charge in [-0.2, -0.15) is 30.6 Å². The first-order valence-electron chi connectivity index (χ1n) is 10.3. The molecule has 0 aliphatic heterocycles. The number of anilines is 1. The Kier molecular flexibility index (Phi) is 9.54. The molecule has 0 aliphatic rings. The molecule has 0 aromatic carbocycles. The van der Waals surface area contributed by atoms with Crippen molar-refractivity contribution in [3.63, 3.8) is 0 Å². The maximum atomic E-state index is 13.1. The van der Waals surface area contributed by atoms with Gasteiger partial charge in [-0.3, -0.25) is 0 Å². The van der Waals surface area contributed by atoms with E-state index in [4.69, 9.17) is 0 Å². The van der Waals surface area contributed by atoms with Gasteiger partial charge < -0.3 is 10.0 Å². The largest absolute Gasteiger partial charge is 0.430 e. The summed E-state index contributed by atoms with van der Waals surface area (Å²) >= 11 is 0. The zero-order valence-corrected chi connectivity index (χ0v) is 19.9. The first-order valence-corrected chi connectivity index (χ1v) is 12.1. The van der Waals surface area contributed by atoms with Crippen molar-refractivity contribution in [3.05, 3.63) is 18.0 Å². The first-order chi connectivity index (χ1) is 14.9. The van der Waals surface area contributed by atoms with Gasteiger partial charge in [-0.15, -0.1) is 0 Å². The maximum Gasteiger partial charge on any atom is 0.430 e. The molecule has 1 N–H and O–H groups in total. The van der Waals surface area contributed by atoms with E-state index in [1.807, 2.05) is 13.8 Å². The molecule has 33 heavy (non-hydrogen) atoms. The van der Waals surface area contributed by atoms with E-state index in [0.29, 0.717) is 25.2 Å². The van der Waals surface area contributed by atoms with E-state index in [2.05, 4.69) is 9.97 Å². The number of hydrogen-bond donors (Lipinski definition) is 1. The third-order valence-electron chi connectivity index (χ3n) is 4.96. The molecule has 1 aromatic heterocycles.